The summed E-state index contributed by atoms with van der Waals surface area (Å²) in [7, 11) is 3.20. The van der Waals surface area contributed by atoms with Crippen LogP contribution in [0.15, 0.2) is 54.6 Å². The zero-order valence-corrected chi connectivity index (χ0v) is 20.5. The number of ether oxygens (including phenoxy) is 2. The number of fused-ring (bicyclic) bond motifs is 1. The van der Waals surface area contributed by atoms with Gasteiger partial charge in [-0.15, -0.1) is 0 Å². The molecule has 0 aromatic heterocycles. The number of urea groups is 1. The minimum absolute atomic E-state index is 0.0362. The Morgan fingerprint density at radius 2 is 1.65 bits per heavy atom. The van der Waals surface area contributed by atoms with Crippen LogP contribution in [0.1, 0.15) is 40.0 Å². The van der Waals surface area contributed by atoms with Crippen LogP contribution in [0.5, 0.6) is 11.5 Å². The van der Waals surface area contributed by atoms with Gasteiger partial charge in [0.25, 0.3) is 0 Å². The molecule has 0 fully saturated rings. The Balaban J connectivity index is 1.77. The number of hydrogen-bond donors (Lipinski definition) is 1. The van der Waals surface area contributed by atoms with E-state index in [-0.39, 0.29) is 11.8 Å². The summed E-state index contributed by atoms with van der Waals surface area (Å²) in [5.41, 5.74) is 3.81. The average Bonchev–Trinajstić information content (AvgIpc) is 2.82. The van der Waals surface area contributed by atoms with E-state index in [4.69, 9.17) is 32.7 Å². The second-order valence-electron chi connectivity index (χ2n) is 8.01. The van der Waals surface area contributed by atoms with Crippen LogP contribution in [0.3, 0.4) is 0 Å². The van der Waals surface area contributed by atoms with Crippen LogP contribution in [0, 0.1) is 0 Å². The van der Waals surface area contributed by atoms with E-state index in [2.05, 4.69) is 5.32 Å². The van der Waals surface area contributed by atoms with Crippen molar-refractivity contribution in [3.63, 3.8) is 0 Å². The van der Waals surface area contributed by atoms with Gasteiger partial charge in [0.2, 0.25) is 0 Å². The minimum atomic E-state index is -0.489. The fourth-order valence-electron chi connectivity index (χ4n) is 4.27. The molecule has 8 heteroatoms. The largest absolute Gasteiger partial charge is 0.497 e. The van der Waals surface area contributed by atoms with Gasteiger partial charge in [-0.25, -0.2) is 4.79 Å². The Labute approximate surface area is 208 Å². The average molecular weight is 499 g/mol. The quantitative estimate of drug-likeness (QED) is 0.413. The second kappa shape index (κ2) is 9.95. The van der Waals surface area contributed by atoms with Crippen LogP contribution in [0.2, 0.25) is 10.0 Å². The van der Waals surface area contributed by atoms with Crippen molar-refractivity contribution in [2.45, 2.75) is 19.4 Å². The SMILES string of the molecule is COc1cc2c(c(OC)c1)C(c1cc(Cl)cc(Cl)c1)N(C(=O)Nc1ccc(C(C)=O)cc1)CC2. The number of halogens is 2. The molecule has 3 aromatic rings. The lowest BCUT2D eigenvalue weighted by molar-refractivity contribution is 0.101. The van der Waals surface area contributed by atoms with E-state index in [0.29, 0.717) is 45.8 Å². The van der Waals surface area contributed by atoms with Crippen molar-refractivity contribution in [3.8, 4) is 11.5 Å². The Bertz CT molecular complexity index is 1210. The maximum atomic E-state index is 13.5. The monoisotopic (exact) mass is 498 g/mol. The smallest absolute Gasteiger partial charge is 0.322 e. The number of ketones is 1. The minimum Gasteiger partial charge on any atom is -0.497 e. The van der Waals surface area contributed by atoms with Crippen molar-refractivity contribution in [2.24, 2.45) is 0 Å². The van der Waals surface area contributed by atoms with Crippen LogP contribution >= 0.6 is 23.2 Å². The fourth-order valence-corrected chi connectivity index (χ4v) is 4.81. The van der Waals surface area contributed by atoms with Crippen LogP contribution in [0.4, 0.5) is 10.5 Å². The molecule has 0 saturated heterocycles. The van der Waals surface area contributed by atoms with Gasteiger partial charge in [0.05, 0.1) is 20.3 Å². The van der Waals surface area contributed by atoms with E-state index in [1.807, 2.05) is 6.07 Å². The summed E-state index contributed by atoms with van der Waals surface area (Å²) in [5.74, 6) is 1.26. The van der Waals surface area contributed by atoms with Crippen molar-refractivity contribution >= 4 is 40.7 Å². The van der Waals surface area contributed by atoms with E-state index >= 15 is 0 Å². The number of carbonyl (C=O) groups is 2. The van der Waals surface area contributed by atoms with Gasteiger partial charge in [-0.1, -0.05) is 23.2 Å². The van der Waals surface area contributed by atoms with Crippen molar-refractivity contribution in [2.75, 3.05) is 26.1 Å². The molecule has 4 rings (SSSR count). The Morgan fingerprint density at radius 3 is 2.24 bits per heavy atom. The molecule has 2 amide bonds. The topological polar surface area (TPSA) is 67.9 Å². The molecule has 0 spiro atoms. The molecule has 1 atom stereocenters. The van der Waals surface area contributed by atoms with Gasteiger partial charge in [0.1, 0.15) is 11.5 Å². The molecule has 0 saturated carbocycles. The summed E-state index contributed by atoms with van der Waals surface area (Å²) in [6.45, 7) is 1.96. The van der Waals surface area contributed by atoms with E-state index in [0.717, 1.165) is 16.7 Å². The molecular weight excluding hydrogens is 475 g/mol. The van der Waals surface area contributed by atoms with Gasteiger partial charge in [-0.05, 0) is 73.0 Å². The van der Waals surface area contributed by atoms with Crippen molar-refractivity contribution in [1.29, 1.82) is 0 Å². The number of Topliss-reactive ketones (excluding diaryl/α,β-unsaturated/α-hetero) is 1. The first-order valence-electron chi connectivity index (χ1n) is 10.7. The molecular formula is C26H24Cl2N2O4. The molecule has 1 unspecified atom stereocenters. The number of hydrogen-bond acceptors (Lipinski definition) is 4. The fraction of sp³-hybridized carbons (Fsp3) is 0.231. The molecule has 1 aliphatic rings. The van der Waals surface area contributed by atoms with Gasteiger partial charge in [-0.3, -0.25) is 4.79 Å². The summed E-state index contributed by atoms with van der Waals surface area (Å²) in [6.07, 6.45) is 0.615. The molecule has 34 heavy (non-hydrogen) atoms. The Kier molecular flexibility index (Phi) is 7.00. The first kappa shape index (κ1) is 23.9. The van der Waals surface area contributed by atoms with Crippen LogP contribution < -0.4 is 14.8 Å². The maximum Gasteiger partial charge on any atom is 0.322 e. The molecule has 1 heterocycles. The number of carbonyl (C=O) groups excluding carboxylic acids is 2. The van der Waals surface area contributed by atoms with Crippen molar-refractivity contribution < 1.29 is 19.1 Å². The number of amides is 2. The molecule has 0 aliphatic carbocycles. The first-order chi connectivity index (χ1) is 16.3. The third-order valence-corrected chi connectivity index (χ3v) is 6.30. The maximum absolute atomic E-state index is 13.5. The van der Waals surface area contributed by atoms with E-state index in [9.17, 15) is 9.59 Å². The second-order valence-corrected chi connectivity index (χ2v) is 8.89. The third-order valence-electron chi connectivity index (χ3n) is 5.87. The molecule has 6 nitrogen and oxygen atoms in total. The van der Waals surface area contributed by atoms with Gasteiger partial charge < -0.3 is 19.7 Å². The highest BCUT2D eigenvalue weighted by atomic mass is 35.5. The van der Waals surface area contributed by atoms with Crippen LogP contribution in [-0.4, -0.2) is 37.5 Å². The molecule has 1 aliphatic heterocycles. The molecule has 3 aromatic carbocycles. The van der Waals surface area contributed by atoms with Crippen LogP contribution in [-0.2, 0) is 6.42 Å². The van der Waals surface area contributed by atoms with Gasteiger partial charge in [-0.2, -0.15) is 0 Å². The van der Waals surface area contributed by atoms with Crippen molar-refractivity contribution in [1.82, 2.24) is 4.90 Å². The predicted molar refractivity (Wildman–Crippen MR) is 134 cm³/mol. The molecule has 0 bridgehead atoms. The Morgan fingerprint density at radius 1 is 0.971 bits per heavy atom. The lowest BCUT2D eigenvalue weighted by Crippen LogP contribution is -2.43. The van der Waals surface area contributed by atoms with E-state index in [1.165, 1.54) is 6.92 Å². The van der Waals surface area contributed by atoms with Gasteiger partial charge in [0, 0.05) is 39.5 Å². The van der Waals surface area contributed by atoms with Crippen molar-refractivity contribution in [3.05, 3.63) is 86.9 Å². The Hall–Kier alpha value is -3.22. The lowest BCUT2D eigenvalue weighted by atomic mass is 9.87. The number of nitrogens with one attached hydrogen (secondary N) is 1. The van der Waals surface area contributed by atoms with Crippen LogP contribution in [0.25, 0.3) is 0 Å². The van der Waals surface area contributed by atoms with Gasteiger partial charge in [0.15, 0.2) is 5.78 Å². The number of anilines is 1. The lowest BCUT2D eigenvalue weighted by Gasteiger charge is -2.38. The van der Waals surface area contributed by atoms with Gasteiger partial charge >= 0.3 is 6.03 Å². The summed E-state index contributed by atoms with van der Waals surface area (Å²) in [6, 6.07) is 15.1. The zero-order valence-electron chi connectivity index (χ0n) is 19.0. The molecule has 176 valence electrons. The predicted octanol–water partition coefficient (Wildman–Crippen LogP) is 6.39. The number of benzene rings is 3. The highest BCUT2D eigenvalue weighted by Crippen LogP contribution is 2.44. The normalized spacial score (nSPS) is 14.9. The number of methoxy groups -OCH3 is 2. The third kappa shape index (κ3) is 4.83. The van der Waals surface area contributed by atoms with E-state index in [1.54, 1.807) is 67.7 Å². The number of nitrogens with zero attached hydrogens (tertiary/aromatic N) is 1. The molecule has 1 N–H and O–H groups in total. The highest BCUT2D eigenvalue weighted by molar-refractivity contribution is 6.34. The summed E-state index contributed by atoms with van der Waals surface area (Å²) in [5, 5.41) is 3.89. The highest BCUT2D eigenvalue weighted by Gasteiger charge is 2.35. The zero-order chi connectivity index (χ0) is 24.4. The van der Waals surface area contributed by atoms with E-state index < -0.39 is 6.04 Å². The summed E-state index contributed by atoms with van der Waals surface area (Å²) < 4.78 is 11.2. The summed E-state index contributed by atoms with van der Waals surface area (Å²) >= 11 is 12.7. The molecule has 0 radical (unpaired) electrons. The first-order valence-corrected chi connectivity index (χ1v) is 11.5. The number of rotatable bonds is 5. The summed E-state index contributed by atoms with van der Waals surface area (Å²) in [4.78, 5) is 26.8. The standard InChI is InChI=1S/C26H24Cl2N2O4/c1-15(31)16-4-6-21(7-5-16)29-26(32)30-9-8-17-12-22(33-2)14-23(34-3)24(17)25(30)18-10-19(27)13-20(28)11-18/h4-7,10-14,25H,8-9H2,1-3H3,(H,29,32).